The summed E-state index contributed by atoms with van der Waals surface area (Å²) in [5.74, 6) is 1.02. The van der Waals surface area contributed by atoms with Crippen LogP contribution in [0.15, 0.2) is 0 Å². The van der Waals surface area contributed by atoms with Gasteiger partial charge in [-0.3, -0.25) is 4.79 Å². The predicted octanol–water partition coefficient (Wildman–Crippen LogP) is 2.41. The van der Waals surface area contributed by atoms with E-state index in [1.165, 1.54) is 6.42 Å². The van der Waals surface area contributed by atoms with Gasteiger partial charge < -0.3 is 9.64 Å². The smallest absolute Gasteiger partial charge is 0.233 e. The van der Waals surface area contributed by atoms with E-state index in [2.05, 4.69) is 13.8 Å². The van der Waals surface area contributed by atoms with Crippen LogP contribution in [0.5, 0.6) is 0 Å². The highest BCUT2D eigenvalue weighted by atomic mass is 16.5. The molecule has 0 N–H and O–H groups in total. The Bertz CT molecular complexity index is 365. The average molecular weight is 237 g/mol. The lowest BCUT2D eigenvalue weighted by Gasteiger charge is -2.50. The summed E-state index contributed by atoms with van der Waals surface area (Å²) >= 11 is 0. The van der Waals surface area contributed by atoms with E-state index in [1.807, 2.05) is 18.7 Å². The van der Waals surface area contributed by atoms with Crippen LogP contribution in [0, 0.1) is 16.7 Å². The Morgan fingerprint density at radius 3 is 2.76 bits per heavy atom. The van der Waals surface area contributed by atoms with E-state index in [-0.39, 0.29) is 23.2 Å². The molecule has 1 amide bonds. The molecule has 1 heterocycles. The Hall–Kier alpha value is -0.570. The van der Waals surface area contributed by atoms with Crippen molar-refractivity contribution >= 4 is 5.91 Å². The molecule has 2 unspecified atom stereocenters. The molecular weight excluding hydrogens is 214 g/mol. The quantitative estimate of drug-likeness (QED) is 0.701. The molecule has 3 rings (SSSR count). The molecule has 3 nitrogen and oxygen atoms in total. The molecule has 1 spiro atoms. The van der Waals surface area contributed by atoms with Gasteiger partial charge in [-0.1, -0.05) is 13.8 Å². The summed E-state index contributed by atoms with van der Waals surface area (Å²) in [5, 5.41) is 0. The van der Waals surface area contributed by atoms with Gasteiger partial charge in [0, 0.05) is 6.54 Å². The van der Waals surface area contributed by atoms with Crippen molar-refractivity contribution in [2.75, 3.05) is 6.54 Å². The van der Waals surface area contributed by atoms with Crippen LogP contribution in [-0.2, 0) is 9.53 Å². The van der Waals surface area contributed by atoms with Gasteiger partial charge in [0.05, 0.1) is 11.5 Å². The van der Waals surface area contributed by atoms with E-state index in [9.17, 15) is 4.79 Å². The predicted molar refractivity (Wildman–Crippen MR) is 65.3 cm³/mol. The summed E-state index contributed by atoms with van der Waals surface area (Å²) in [4.78, 5) is 14.8. The maximum atomic E-state index is 12.9. The van der Waals surface area contributed by atoms with E-state index < -0.39 is 0 Å². The van der Waals surface area contributed by atoms with Gasteiger partial charge in [-0.15, -0.1) is 0 Å². The van der Waals surface area contributed by atoms with Crippen LogP contribution in [-0.4, -0.2) is 29.7 Å². The molecular formula is C14H23NO2. The maximum Gasteiger partial charge on any atom is 0.233 e. The molecule has 0 aromatic carbocycles. The highest BCUT2D eigenvalue weighted by Crippen LogP contribution is 2.68. The largest absolute Gasteiger partial charge is 0.354 e. The average Bonchev–Trinajstić information content (AvgIpc) is 2.63. The van der Waals surface area contributed by atoms with Gasteiger partial charge in [0.1, 0.15) is 6.23 Å². The third-order valence-corrected chi connectivity index (χ3v) is 5.89. The van der Waals surface area contributed by atoms with Crippen molar-refractivity contribution in [2.24, 2.45) is 16.7 Å². The molecule has 3 fully saturated rings. The van der Waals surface area contributed by atoms with Gasteiger partial charge in [-0.05, 0) is 44.4 Å². The zero-order valence-electron chi connectivity index (χ0n) is 11.3. The molecule has 4 atom stereocenters. The van der Waals surface area contributed by atoms with Crippen molar-refractivity contribution in [3.63, 3.8) is 0 Å². The second-order valence-corrected chi connectivity index (χ2v) is 6.48. The summed E-state index contributed by atoms with van der Waals surface area (Å²) in [5.41, 5.74) is -0.109. The van der Waals surface area contributed by atoms with Crippen molar-refractivity contribution in [3.8, 4) is 0 Å². The first-order chi connectivity index (χ1) is 7.95. The molecule has 0 aromatic heterocycles. The van der Waals surface area contributed by atoms with Gasteiger partial charge >= 0.3 is 0 Å². The minimum Gasteiger partial charge on any atom is -0.354 e. The van der Waals surface area contributed by atoms with Gasteiger partial charge in [0.25, 0.3) is 0 Å². The summed E-state index contributed by atoms with van der Waals surface area (Å²) < 4.78 is 6.15. The van der Waals surface area contributed by atoms with Crippen molar-refractivity contribution in [2.45, 2.75) is 59.3 Å². The van der Waals surface area contributed by atoms with Crippen LogP contribution in [0.1, 0.15) is 47.0 Å². The second kappa shape index (κ2) is 3.25. The summed E-state index contributed by atoms with van der Waals surface area (Å²) in [6, 6.07) is 0. The van der Waals surface area contributed by atoms with E-state index >= 15 is 0 Å². The lowest BCUT2D eigenvalue weighted by atomic mass is 9.66. The molecule has 17 heavy (non-hydrogen) atoms. The lowest BCUT2D eigenvalue weighted by Crippen LogP contribution is -2.61. The monoisotopic (exact) mass is 237 g/mol. The van der Waals surface area contributed by atoms with Crippen LogP contribution in [0.25, 0.3) is 0 Å². The molecule has 3 aliphatic rings. The van der Waals surface area contributed by atoms with Crippen molar-refractivity contribution in [1.82, 2.24) is 4.90 Å². The number of hydrogen-bond acceptors (Lipinski definition) is 2. The number of fused-ring (bicyclic) bond motifs is 1. The maximum absolute atomic E-state index is 12.9. The highest BCUT2D eigenvalue weighted by Gasteiger charge is 2.71. The summed E-state index contributed by atoms with van der Waals surface area (Å²) in [7, 11) is 0. The van der Waals surface area contributed by atoms with E-state index in [0.717, 1.165) is 19.4 Å². The molecule has 2 saturated carbocycles. The third kappa shape index (κ3) is 1.09. The Labute approximate surface area is 104 Å². The number of carbonyl (C=O) groups is 1. The highest BCUT2D eigenvalue weighted by molar-refractivity contribution is 5.86. The first kappa shape index (κ1) is 11.5. The fourth-order valence-electron chi connectivity index (χ4n) is 4.72. The summed E-state index contributed by atoms with van der Waals surface area (Å²) in [6.07, 6.45) is 3.43. The number of rotatable bonds is 1. The molecule has 2 bridgehead atoms. The molecule has 3 heteroatoms. The van der Waals surface area contributed by atoms with Crippen molar-refractivity contribution in [3.05, 3.63) is 0 Å². The SMILES string of the molecule is CCN1C(=O)C23CCC(C[C@H]2O[C@H]1C)C3(C)C. The molecule has 96 valence electrons. The first-order valence-corrected chi connectivity index (χ1v) is 6.91. The van der Waals surface area contributed by atoms with Crippen LogP contribution in [0.3, 0.4) is 0 Å². The van der Waals surface area contributed by atoms with Crippen LogP contribution >= 0.6 is 0 Å². The fraction of sp³-hybridized carbons (Fsp3) is 0.929. The number of nitrogens with zero attached hydrogens (tertiary/aromatic N) is 1. The first-order valence-electron chi connectivity index (χ1n) is 6.91. The van der Waals surface area contributed by atoms with Crippen LogP contribution in [0.2, 0.25) is 0 Å². The number of carbonyl (C=O) groups excluding carboxylic acids is 1. The molecule has 1 aliphatic heterocycles. The number of ether oxygens (including phenoxy) is 1. The minimum absolute atomic E-state index is 0.0433. The Morgan fingerprint density at radius 2 is 2.18 bits per heavy atom. The fourth-order valence-corrected chi connectivity index (χ4v) is 4.72. The van der Waals surface area contributed by atoms with Gasteiger partial charge in [-0.25, -0.2) is 0 Å². The summed E-state index contributed by atoms with van der Waals surface area (Å²) in [6.45, 7) is 9.36. The van der Waals surface area contributed by atoms with Gasteiger partial charge in [0.2, 0.25) is 5.91 Å². The number of hydrogen-bond donors (Lipinski definition) is 0. The third-order valence-electron chi connectivity index (χ3n) is 5.89. The Kier molecular flexibility index (Phi) is 2.20. The minimum atomic E-state index is -0.222. The van der Waals surface area contributed by atoms with Crippen molar-refractivity contribution < 1.29 is 9.53 Å². The van der Waals surface area contributed by atoms with Crippen molar-refractivity contribution in [1.29, 1.82) is 0 Å². The molecule has 1 saturated heterocycles. The van der Waals surface area contributed by atoms with Crippen LogP contribution < -0.4 is 0 Å². The second-order valence-electron chi connectivity index (χ2n) is 6.48. The molecule has 2 aliphatic carbocycles. The molecule has 0 aromatic rings. The lowest BCUT2D eigenvalue weighted by molar-refractivity contribution is -0.209. The topological polar surface area (TPSA) is 29.5 Å². The van der Waals surface area contributed by atoms with E-state index in [1.54, 1.807) is 0 Å². The molecule has 0 radical (unpaired) electrons. The van der Waals surface area contributed by atoms with E-state index in [4.69, 9.17) is 4.74 Å². The van der Waals surface area contributed by atoms with Gasteiger partial charge in [0.15, 0.2) is 0 Å². The Balaban J connectivity index is 2.06. The number of amides is 1. The normalized spacial score (nSPS) is 47.4. The van der Waals surface area contributed by atoms with Gasteiger partial charge in [-0.2, -0.15) is 0 Å². The zero-order chi connectivity index (χ0) is 12.4. The zero-order valence-corrected chi connectivity index (χ0v) is 11.3. The van der Waals surface area contributed by atoms with E-state index in [0.29, 0.717) is 11.8 Å². The Morgan fingerprint density at radius 1 is 1.47 bits per heavy atom. The van der Waals surface area contributed by atoms with Crippen LogP contribution in [0.4, 0.5) is 0 Å². The standard InChI is InChI=1S/C14H23NO2/c1-5-15-9(2)17-11-8-10-6-7-14(11,12(15)16)13(10,3)4/h9-11H,5-8H2,1-4H3/t9-,10?,11+,14?/m0/s1.